The molecule has 0 aromatic rings. The van der Waals surface area contributed by atoms with Gasteiger partial charge in [-0.3, -0.25) is 0 Å². The Labute approximate surface area is 93.4 Å². The van der Waals surface area contributed by atoms with Crippen molar-refractivity contribution in [2.45, 2.75) is 32.6 Å². The summed E-state index contributed by atoms with van der Waals surface area (Å²) in [6.07, 6.45) is 5.06. The fourth-order valence-electron chi connectivity index (χ4n) is 1.46. The zero-order valence-corrected chi connectivity index (χ0v) is 11.8. The summed E-state index contributed by atoms with van der Waals surface area (Å²) in [5.41, 5.74) is 0. The van der Waals surface area contributed by atoms with E-state index in [4.69, 9.17) is 8.52 Å². The molecule has 0 amide bonds. The van der Waals surface area contributed by atoms with Gasteiger partial charge in [-0.25, -0.2) is 0 Å². The first-order chi connectivity index (χ1) is 6.53. The van der Waals surface area contributed by atoms with Crippen LogP contribution >= 0.6 is 6.83 Å². The number of hydrogen-bond donors (Lipinski definition) is 1. The predicted molar refractivity (Wildman–Crippen MR) is 66.3 cm³/mol. The Morgan fingerprint density at radius 1 is 1.13 bits per heavy atom. The molecule has 0 unspecified atom stereocenters. The van der Waals surface area contributed by atoms with E-state index in [-0.39, 0.29) is 0 Å². The van der Waals surface area contributed by atoms with Crippen molar-refractivity contribution in [1.29, 1.82) is 0 Å². The topological polar surface area (TPSA) is 63.6 Å². The molecule has 0 aliphatic rings. The molecule has 6 heteroatoms. The predicted octanol–water partition coefficient (Wildman–Crippen LogP) is 2.74. The fraction of sp³-hybridized carbons (Fsp3) is 1.00. The Balaban J connectivity index is 4.24. The second-order valence-electron chi connectivity index (χ2n) is 5.25. The number of hydrogen-bond acceptors (Lipinski definition) is 3. The molecule has 0 aliphatic carbocycles. The molecule has 0 aliphatic heterocycles. The van der Waals surface area contributed by atoms with Gasteiger partial charge in [0.05, 0.1) is 0 Å². The summed E-state index contributed by atoms with van der Waals surface area (Å²) in [5.74, 6) is 0. The van der Waals surface area contributed by atoms with Crippen molar-refractivity contribution < 1.29 is 16.9 Å². The van der Waals surface area contributed by atoms with E-state index in [9.17, 15) is 8.42 Å². The molecule has 0 atom stereocenters. The molecule has 94 valence electrons. The van der Waals surface area contributed by atoms with E-state index in [2.05, 4.69) is 6.92 Å². The third kappa shape index (κ3) is 9.24. The average Bonchev–Trinajstić information content (AvgIpc) is 1.92. The van der Waals surface area contributed by atoms with Crippen molar-refractivity contribution in [3.63, 3.8) is 0 Å². The Hall–Kier alpha value is 0.300. The van der Waals surface area contributed by atoms with Crippen LogP contribution in [0.15, 0.2) is 0 Å². The van der Waals surface area contributed by atoms with Crippen LogP contribution in [-0.4, -0.2) is 39.1 Å². The molecule has 1 N–H and O–H groups in total. The van der Waals surface area contributed by atoms with Crippen molar-refractivity contribution >= 4 is 17.2 Å². The van der Waals surface area contributed by atoms with Crippen LogP contribution in [0.4, 0.5) is 0 Å². The van der Waals surface area contributed by atoms with Crippen molar-refractivity contribution in [2.24, 2.45) is 0 Å². The zero-order valence-electron chi connectivity index (χ0n) is 10.1. The summed E-state index contributed by atoms with van der Waals surface area (Å²) in [4.78, 5) is 0. The van der Waals surface area contributed by atoms with Gasteiger partial charge in [0, 0.05) is 0 Å². The van der Waals surface area contributed by atoms with Crippen molar-refractivity contribution in [1.82, 2.24) is 0 Å². The third-order valence-electron chi connectivity index (χ3n) is 2.14. The molecule has 4 nitrogen and oxygen atoms in total. The van der Waals surface area contributed by atoms with E-state index < -0.39 is 17.2 Å². The normalized spacial score (nSPS) is 15.9. The van der Waals surface area contributed by atoms with E-state index >= 15 is 0 Å². The van der Waals surface area contributed by atoms with Gasteiger partial charge in [-0.15, -0.1) is 0 Å². The van der Waals surface area contributed by atoms with Crippen LogP contribution in [0.5, 0.6) is 0 Å². The molecule has 0 fully saturated rings. The maximum atomic E-state index is 10.7. The van der Waals surface area contributed by atoms with Gasteiger partial charge >= 0.3 is 92.9 Å². The van der Waals surface area contributed by atoms with Crippen LogP contribution in [0.2, 0.25) is 0 Å². The first kappa shape index (κ1) is 15.3. The molecule has 15 heavy (non-hydrogen) atoms. The Morgan fingerprint density at radius 3 is 2.07 bits per heavy atom. The van der Waals surface area contributed by atoms with Crippen LogP contribution in [-0.2, 0) is 14.4 Å². The van der Waals surface area contributed by atoms with E-state index in [1.165, 1.54) is 0 Å². The Morgan fingerprint density at radius 2 is 1.67 bits per heavy atom. The van der Waals surface area contributed by atoms with Gasteiger partial charge in [0.1, 0.15) is 0 Å². The summed E-state index contributed by atoms with van der Waals surface area (Å²) in [5, 5.41) is 0. The summed E-state index contributed by atoms with van der Waals surface area (Å²) < 4.78 is 35.0. The average molecular weight is 258 g/mol. The quantitative estimate of drug-likeness (QED) is 0.433. The molecule has 0 saturated carbocycles. The van der Waals surface area contributed by atoms with Gasteiger partial charge in [-0.1, -0.05) is 0 Å². The first-order valence-electron chi connectivity index (χ1n) is 5.23. The molecular formula is C9H23O4PS. The number of rotatable bonds is 7. The SMILES string of the molecule is CCCCCCP(C)(C)(C)OS(=O)(=O)O. The Kier molecular flexibility index (Phi) is 5.19. The monoisotopic (exact) mass is 258 g/mol. The van der Waals surface area contributed by atoms with Crippen LogP contribution in [0.25, 0.3) is 0 Å². The van der Waals surface area contributed by atoms with Gasteiger partial charge < -0.3 is 0 Å². The molecule has 0 radical (unpaired) electrons. The maximum absolute atomic E-state index is 10.7. The van der Waals surface area contributed by atoms with E-state index in [1.54, 1.807) is 0 Å². The van der Waals surface area contributed by atoms with Gasteiger partial charge in [0.15, 0.2) is 0 Å². The molecule has 0 bridgehead atoms. The van der Waals surface area contributed by atoms with E-state index in [0.29, 0.717) is 0 Å². The van der Waals surface area contributed by atoms with E-state index in [1.807, 2.05) is 20.0 Å². The zero-order chi connectivity index (χ0) is 12.2. The molecule has 0 aromatic heterocycles. The summed E-state index contributed by atoms with van der Waals surface area (Å²) >= 11 is 0. The van der Waals surface area contributed by atoms with Gasteiger partial charge in [0.2, 0.25) is 0 Å². The summed E-state index contributed by atoms with van der Waals surface area (Å²) in [6.45, 7) is 4.86. The molecule has 0 heterocycles. The van der Waals surface area contributed by atoms with Crippen molar-refractivity contribution in [3.8, 4) is 0 Å². The van der Waals surface area contributed by atoms with Crippen LogP contribution in [0.3, 0.4) is 0 Å². The van der Waals surface area contributed by atoms with Gasteiger partial charge in [-0.05, 0) is 0 Å². The molecular weight excluding hydrogens is 235 g/mol. The minimum atomic E-state index is -4.32. The third-order valence-corrected chi connectivity index (χ3v) is 6.95. The standard InChI is InChI=1S/C9H23O4PS/c1-5-6-7-8-9-14(2,3,4)13-15(10,11)12/h5-9H2,1-4H3,(H,10,11,12). The molecule has 0 saturated heterocycles. The Bertz CT molecular complexity index is 289. The van der Waals surface area contributed by atoms with Gasteiger partial charge in [-0.2, -0.15) is 0 Å². The second kappa shape index (κ2) is 5.09. The van der Waals surface area contributed by atoms with Gasteiger partial charge in [0.25, 0.3) is 0 Å². The molecule has 0 spiro atoms. The fourth-order valence-corrected chi connectivity index (χ4v) is 5.86. The van der Waals surface area contributed by atoms with Crippen LogP contribution < -0.4 is 0 Å². The minimum absolute atomic E-state index is 0.728. The molecule has 0 rings (SSSR count). The number of unbranched alkanes of at least 4 members (excludes halogenated alkanes) is 3. The second-order valence-corrected chi connectivity index (χ2v) is 13.1. The summed E-state index contributed by atoms with van der Waals surface area (Å²) in [7, 11) is -4.32. The van der Waals surface area contributed by atoms with Crippen molar-refractivity contribution in [3.05, 3.63) is 0 Å². The summed E-state index contributed by atoms with van der Waals surface area (Å²) in [6, 6.07) is 0. The molecule has 0 aromatic carbocycles. The van der Waals surface area contributed by atoms with Crippen molar-refractivity contribution in [2.75, 3.05) is 26.2 Å². The first-order valence-corrected chi connectivity index (χ1v) is 10.3. The van der Waals surface area contributed by atoms with E-state index in [0.717, 1.165) is 31.8 Å². The van der Waals surface area contributed by atoms with Crippen LogP contribution in [0, 0.1) is 0 Å². The van der Waals surface area contributed by atoms with Crippen LogP contribution in [0.1, 0.15) is 32.6 Å².